The number of amides is 1. The second-order valence-corrected chi connectivity index (χ2v) is 6.18. The van der Waals surface area contributed by atoms with Crippen molar-refractivity contribution in [2.75, 3.05) is 6.61 Å². The minimum absolute atomic E-state index is 0.0188. The van der Waals surface area contributed by atoms with Gasteiger partial charge in [-0.1, -0.05) is 29.8 Å². The van der Waals surface area contributed by atoms with Gasteiger partial charge in [-0.05, 0) is 25.1 Å². The van der Waals surface area contributed by atoms with Gasteiger partial charge in [-0.2, -0.15) is 0 Å². The summed E-state index contributed by atoms with van der Waals surface area (Å²) in [6.07, 6.45) is 0.666. The van der Waals surface area contributed by atoms with Gasteiger partial charge in [0, 0.05) is 18.1 Å². The number of carbonyl (C=O) groups is 1. The van der Waals surface area contributed by atoms with Crippen molar-refractivity contribution < 1.29 is 13.9 Å². The molecule has 1 aromatic heterocycles. The number of aryl methyl sites for hydroxylation is 1. The lowest BCUT2D eigenvalue weighted by atomic mass is 10.0. The van der Waals surface area contributed by atoms with Gasteiger partial charge in [0.25, 0.3) is 5.91 Å². The van der Waals surface area contributed by atoms with Crippen LogP contribution in [0, 0.1) is 6.92 Å². The first kappa shape index (κ1) is 15.4. The highest BCUT2D eigenvalue weighted by Gasteiger charge is 2.24. The van der Waals surface area contributed by atoms with E-state index in [1.165, 1.54) is 6.07 Å². The normalized spacial score (nSPS) is 16.1. The quantitative estimate of drug-likeness (QED) is 0.780. The molecular weight excluding hydrogens is 318 g/mol. The molecule has 0 saturated heterocycles. The Balaban J connectivity index is 1.65. The minimum Gasteiger partial charge on any atom is -0.493 e. The Morgan fingerprint density at radius 2 is 2.00 bits per heavy atom. The monoisotopic (exact) mass is 335 g/mol. The number of benzene rings is 2. The van der Waals surface area contributed by atoms with E-state index in [9.17, 15) is 9.59 Å². The van der Waals surface area contributed by atoms with Crippen LogP contribution in [-0.2, 0) is 0 Å². The highest BCUT2D eigenvalue weighted by molar-refractivity contribution is 5.93. The molecule has 1 aliphatic heterocycles. The van der Waals surface area contributed by atoms with Gasteiger partial charge in [0.2, 0.25) is 0 Å². The summed E-state index contributed by atoms with van der Waals surface area (Å²) in [5, 5.41) is 3.42. The number of hydrogen-bond acceptors (Lipinski definition) is 4. The Hall–Kier alpha value is -3.08. The third kappa shape index (κ3) is 2.89. The fourth-order valence-corrected chi connectivity index (χ4v) is 3.10. The van der Waals surface area contributed by atoms with Crippen molar-refractivity contribution in [3.05, 3.63) is 75.6 Å². The number of fused-ring (bicyclic) bond motifs is 2. The highest BCUT2D eigenvalue weighted by Crippen LogP contribution is 2.31. The van der Waals surface area contributed by atoms with E-state index in [2.05, 4.69) is 5.32 Å². The summed E-state index contributed by atoms with van der Waals surface area (Å²) in [7, 11) is 0. The van der Waals surface area contributed by atoms with Crippen LogP contribution >= 0.6 is 0 Å². The summed E-state index contributed by atoms with van der Waals surface area (Å²) in [4.78, 5) is 24.9. The Kier molecular flexibility index (Phi) is 3.76. The molecule has 0 saturated carbocycles. The largest absolute Gasteiger partial charge is 0.493 e. The zero-order chi connectivity index (χ0) is 17.4. The van der Waals surface area contributed by atoms with Crippen molar-refractivity contribution in [2.24, 2.45) is 0 Å². The molecule has 5 nitrogen and oxygen atoms in total. The summed E-state index contributed by atoms with van der Waals surface area (Å²) in [5.41, 5.74) is 2.09. The maximum absolute atomic E-state index is 12.6. The number of rotatable bonds is 2. The van der Waals surface area contributed by atoms with Gasteiger partial charge in [-0.25, -0.2) is 0 Å². The average Bonchev–Trinajstić information content (AvgIpc) is 2.62. The average molecular weight is 335 g/mol. The van der Waals surface area contributed by atoms with Gasteiger partial charge in [0.1, 0.15) is 11.3 Å². The zero-order valence-electron chi connectivity index (χ0n) is 13.7. The lowest BCUT2D eigenvalue weighted by molar-refractivity contribution is 0.0897. The van der Waals surface area contributed by atoms with Crippen LogP contribution in [0.15, 0.2) is 57.7 Å². The Labute approximate surface area is 144 Å². The number of carbonyl (C=O) groups excluding carboxylic acids is 1. The van der Waals surface area contributed by atoms with Crippen molar-refractivity contribution in [1.82, 2.24) is 5.32 Å². The van der Waals surface area contributed by atoms with Gasteiger partial charge in [0.15, 0.2) is 11.2 Å². The molecule has 0 bridgehead atoms. The Morgan fingerprint density at radius 1 is 1.16 bits per heavy atom. The Morgan fingerprint density at radius 3 is 2.88 bits per heavy atom. The van der Waals surface area contributed by atoms with Crippen LogP contribution in [0.5, 0.6) is 5.75 Å². The molecule has 5 heteroatoms. The molecule has 1 atom stereocenters. The summed E-state index contributed by atoms with van der Waals surface area (Å²) >= 11 is 0. The molecule has 0 fully saturated rings. The zero-order valence-corrected chi connectivity index (χ0v) is 13.7. The van der Waals surface area contributed by atoms with Gasteiger partial charge >= 0.3 is 0 Å². The molecule has 1 N–H and O–H groups in total. The van der Waals surface area contributed by atoms with Crippen molar-refractivity contribution in [3.8, 4) is 5.75 Å². The molecule has 0 radical (unpaired) electrons. The second kappa shape index (κ2) is 6.09. The fraction of sp³-hybridized carbons (Fsp3) is 0.200. The molecule has 2 aromatic carbocycles. The molecule has 0 unspecified atom stereocenters. The number of para-hydroxylation sites is 1. The molecule has 4 rings (SSSR count). The Bertz CT molecular complexity index is 1020. The smallest absolute Gasteiger partial charge is 0.287 e. The van der Waals surface area contributed by atoms with E-state index < -0.39 is 5.91 Å². The van der Waals surface area contributed by atoms with E-state index in [0.29, 0.717) is 24.0 Å². The van der Waals surface area contributed by atoms with Crippen LogP contribution in [-0.4, -0.2) is 12.5 Å². The van der Waals surface area contributed by atoms with E-state index in [4.69, 9.17) is 9.15 Å². The molecule has 1 amide bonds. The van der Waals surface area contributed by atoms with Crippen molar-refractivity contribution >= 4 is 16.9 Å². The standard InChI is InChI=1S/C20H17NO4/c1-12-6-7-18-14(10-12)16(22)11-19(25-18)20(23)21-15-8-9-24-17-5-3-2-4-13(15)17/h2-7,10-11,15H,8-9H2,1H3,(H,21,23)/t15-/m1/s1. The van der Waals surface area contributed by atoms with Gasteiger partial charge in [-0.15, -0.1) is 0 Å². The van der Waals surface area contributed by atoms with E-state index in [0.717, 1.165) is 16.9 Å². The van der Waals surface area contributed by atoms with Crippen LogP contribution < -0.4 is 15.5 Å². The van der Waals surface area contributed by atoms with Crippen LogP contribution in [0.1, 0.15) is 34.1 Å². The van der Waals surface area contributed by atoms with E-state index in [-0.39, 0.29) is 17.2 Å². The SMILES string of the molecule is Cc1ccc2oc(C(=O)N[C@@H]3CCOc4ccccc43)cc(=O)c2c1. The third-order valence-corrected chi connectivity index (χ3v) is 4.37. The lowest BCUT2D eigenvalue weighted by Gasteiger charge is -2.26. The van der Waals surface area contributed by atoms with E-state index >= 15 is 0 Å². The molecule has 0 spiro atoms. The van der Waals surface area contributed by atoms with Crippen LogP contribution in [0.2, 0.25) is 0 Å². The minimum atomic E-state index is -0.402. The molecule has 1 aliphatic rings. The lowest BCUT2D eigenvalue weighted by Crippen LogP contribution is -2.32. The summed E-state index contributed by atoms with van der Waals surface area (Å²) < 4.78 is 11.2. The first-order chi connectivity index (χ1) is 12.1. The fourth-order valence-electron chi connectivity index (χ4n) is 3.10. The molecule has 126 valence electrons. The van der Waals surface area contributed by atoms with Crippen LogP contribution in [0.4, 0.5) is 0 Å². The third-order valence-electron chi connectivity index (χ3n) is 4.37. The molecule has 3 aromatic rings. The molecular formula is C20H17NO4. The molecule has 25 heavy (non-hydrogen) atoms. The predicted octanol–water partition coefficient (Wildman–Crippen LogP) is 3.36. The molecule has 2 heterocycles. The molecule has 0 aliphatic carbocycles. The topological polar surface area (TPSA) is 68.5 Å². The number of hydrogen-bond donors (Lipinski definition) is 1. The maximum atomic E-state index is 12.6. The van der Waals surface area contributed by atoms with Crippen molar-refractivity contribution in [2.45, 2.75) is 19.4 Å². The van der Waals surface area contributed by atoms with Crippen LogP contribution in [0.25, 0.3) is 11.0 Å². The number of ether oxygens (including phenoxy) is 1. The maximum Gasteiger partial charge on any atom is 0.287 e. The van der Waals surface area contributed by atoms with Gasteiger partial charge < -0.3 is 14.5 Å². The number of nitrogens with one attached hydrogen (secondary N) is 1. The van der Waals surface area contributed by atoms with Crippen molar-refractivity contribution in [1.29, 1.82) is 0 Å². The van der Waals surface area contributed by atoms with E-state index in [1.54, 1.807) is 12.1 Å². The van der Waals surface area contributed by atoms with Gasteiger partial charge in [-0.3, -0.25) is 9.59 Å². The van der Waals surface area contributed by atoms with E-state index in [1.807, 2.05) is 37.3 Å². The first-order valence-electron chi connectivity index (χ1n) is 8.19. The first-order valence-corrected chi connectivity index (χ1v) is 8.19. The summed E-state index contributed by atoms with van der Waals surface area (Å²) in [6.45, 7) is 2.44. The second-order valence-electron chi connectivity index (χ2n) is 6.18. The van der Waals surface area contributed by atoms with Crippen LogP contribution in [0.3, 0.4) is 0 Å². The predicted molar refractivity (Wildman–Crippen MR) is 94.0 cm³/mol. The van der Waals surface area contributed by atoms with Gasteiger partial charge in [0.05, 0.1) is 18.0 Å². The van der Waals surface area contributed by atoms with Crippen molar-refractivity contribution in [3.63, 3.8) is 0 Å². The highest BCUT2D eigenvalue weighted by atomic mass is 16.5. The summed E-state index contributed by atoms with van der Waals surface area (Å²) in [6, 6.07) is 14.0. The summed E-state index contributed by atoms with van der Waals surface area (Å²) in [5.74, 6) is 0.390.